The van der Waals surface area contributed by atoms with Crippen LogP contribution in [0.4, 0.5) is 5.69 Å². The molecule has 0 spiro atoms. The van der Waals surface area contributed by atoms with E-state index in [1.165, 1.54) is 11.1 Å². The summed E-state index contributed by atoms with van der Waals surface area (Å²) in [6.45, 7) is 11.5. The number of carbonyl (C=O) groups excluding carboxylic acids is 1. The van der Waals surface area contributed by atoms with E-state index in [-0.39, 0.29) is 11.7 Å². The van der Waals surface area contributed by atoms with Gasteiger partial charge in [-0.1, -0.05) is 11.6 Å². The van der Waals surface area contributed by atoms with Gasteiger partial charge in [-0.05, 0) is 100 Å². The number of pyridine rings is 2. The molecule has 8 heteroatoms. The van der Waals surface area contributed by atoms with Crippen LogP contribution in [0.1, 0.15) is 58.9 Å². The second kappa shape index (κ2) is 12.6. The van der Waals surface area contributed by atoms with Crippen molar-refractivity contribution in [2.45, 2.75) is 65.6 Å². The summed E-state index contributed by atoms with van der Waals surface area (Å²) in [7, 11) is 0. The van der Waals surface area contributed by atoms with E-state index in [0.717, 1.165) is 50.1 Å². The molecule has 1 aliphatic heterocycles. The third-order valence-electron chi connectivity index (χ3n) is 7.67. The standard InChI is InChI=1S/C30H38ClN5O2/c1-20-9-13-32-18-24(20)19-36(25-5-7-27(37)8-6-25)26-11-15-35(16-12-26)22(3)10-14-33-30(38)29-21(2)17-28(31)34-23(29)4/h5-9,13,17-18,22,26,37H,10-12,14-16,19H2,1-4H3,(H,33,38)/t22-/m1/s1. The number of likely N-dealkylation sites (tertiary alicyclic amines) is 1. The quantitative estimate of drug-likeness (QED) is 0.355. The summed E-state index contributed by atoms with van der Waals surface area (Å²) in [4.78, 5) is 26.3. The molecule has 3 heterocycles. The Hall–Kier alpha value is -3.16. The summed E-state index contributed by atoms with van der Waals surface area (Å²) in [5, 5.41) is 13.3. The SMILES string of the molecule is Cc1ccncc1CN(c1ccc(O)cc1)C1CCN([C@H](C)CCNC(=O)c2c(C)cc(Cl)nc2C)CC1. The first-order chi connectivity index (χ1) is 18.2. The highest BCUT2D eigenvalue weighted by Gasteiger charge is 2.27. The van der Waals surface area contributed by atoms with Crippen molar-refractivity contribution in [1.29, 1.82) is 0 Å². The third-order valence-corrected chi connectivity index (χ3v) is 7.87. The summed E-state index contributed by atoms with van der Waals surface area (Å²) in [5.74, 6) is 0.185. The van der Waals surface area contributed by atoms with Crippen molar-refractivity contribution in [3.05, 3.63) is 81.9 Å². The van der Waals surface area contributed by atoms with E-state index in [2.05, 4.69) is 45.0 Å². The fraction of sp³-hybridized carbons (Fsp3) is 0.433. The van der Waals surface area contributed by atoms with Crippen molar-refractivity contribution < 1.29 is 9.90 Å². The number of carbonyl (C=O) groups is 1. The van der Waals surface area contributed by atoms with Gasteiger partial charge in [0, 0.05) is 56.3 Å². The van der Waals surface area contributed by atoms with Crippen LogP contribution in [0.25, 0.3) is 0 Å². The molecule has 0 aliphatic carbocycles. The maximum Gasteiger partial charge on any atom is 0.253 e. The Morgan fingerprint density at radius 1 is 1.16 bits per heavy atom. The zero-order valence-electron chi connectivity index (χ0n) is 22.7. The lowest BCUT2D eigenvalue weighted by atomic mass is 9.99. The van der Waals surface area contributed by atoms with Crippen molar-refractivity contribution in [1.82, 2.24) is 20.2 Å². The van der Waals surface area contributed by atoms with Crippen molar-refractivity contribution in [3.63, 3.8) is 0 Å². The van der Waals surface area contributed by atoms with Crippen LogP contribution >= 0.6 is 11.6 Å². The molecule has 3 aromatic rings. The average Bonchev–Trinajstić information content (AvgIpc) is 2.88. The minimum Gasteiger partial charge on any atom is -0.508 e. The van der Waals surface area contributed by atoms with Gasteiger partial charge >= 0.3 is 0 Å². The molecule has 7 nitrogen and oxygen atoms in total. The summed E-state index contributed by atoms with van der Waals surface area (Å²) < 4.78 is 0. The molecule has 38 heavy (non-hydrogen) atoms. The highest BCUT2D eigenvalue weighted by molar-refractivity contribution is 6.29. The van der Waals surface area contributed by atoms with Crippen molar-refractivity contribution in [3.8, 4) is 5.75 Å². The van der Waals surface area contributed by atoms with Gasteiger partial charge in [0.25, 0.3) is 5.91 Å². The Kier molecular flexibility index (Phi) is 9.23. The van der Waals surface area contributed by atoms with Crippen molar-refractivity contribution in [2.24, 2.45) is 0 Å². The summed E-state index contributed by atoms with van der Waals surface area (Å²) in [5.41, 5.74) is 5.67. The van der Waals surface area contributed by atoms with Crippen LogP contribution in [-0.4, -0.2) is 57.6 Å². The number of aromatic nitrogens is 2. The van der Waals surface area contributed by atoms with Crippen LogP contribution < -0.4 is 10.2 Å². The number of phenolic OH excluding ortho intramolecular Hbond substituents is 1. The molecule has 0 saturated carbocycles. The summed E-state index contributed by atoms with van der Waals surface area (Å²) in [6, 6.07) is 12.1. The zero-order valence-corrected chi connectivity index (χ0v) is 23.5. The predicted molar refractivity (Wildman–Crippen MR) is 153 cm³/mol. The van der Waals surface area contributed by atoms with Crippen LogP contribution in [-0.2, 0) is 6.54 Å². The van der Waals surface area contributed by atoms with Gasteiger partial charge in [0.05, 0.1) is 11.3 Å². The van der Waals surface area contributed by atoms with E-state index < -0.39 is 0 Å². The van der Waals surface area contributed by atoms with E-state index in [1.54, 1.807) is 18.2 Å². The van der Waals surface area contributed by atoms with Crippen molar-refractivity contribution >= 4 is 23.2 Å². The molecule has 202 valence electrons. The molecule has 2 N–H and O–H groups in total. The molecule has 1 saturated heterocycles. The molecular weight excluding hydrogens is 498 g/mol. The van der Waals surface area contributed by atoms with E-state index >= 15 is 0 Å². The van der Waals surface area contributed by atoms with Gasteiger partial charge in [0.2, 0.25) is 0 Å². The van der Waals surface area contributed by atoms with Gasteiger partial charge < -0.3 is 20.2 Å². The summed E-state index contributed by atoms with van der Waals surface area (Å²) in [6.07, 6.45) is 6.77. The Bertz CT molecular complexity index is 1220. The van der Waals surface area contributed by atoms with Crippen LogP contribution in [0.3, 0.4) is 0 Å². The monoisotopic (exact) mass is 535 g/mol. The Morgan fingerprint density at radius 3 is 2.53 bits per heavy atom. The number of amides is 1. The minimum absolute atomic E-state index is 0.0923. The maximum atomic E-state index is 12.8. The lowest BCUT2D eigenvalue weighted by molar-refractivity contribution is 0.0943. The summed E-state index contributed by atoms with van der Waals surface area (Å²) >= 11 is 6.01. The molecule has 0 bridgehead atoms. The fourth-order valence-electron chi connectivity index (χ4n) is 5.35. The average molecular weight is 536 g/mol. The Balaban J connectivity index is 1.33. The molecule has 1 aliphatic rings. The Labute approximate surface area is 230 Å². The largest absolute Gasteiger partial charge is 0.508 e. The normalized spacial score (nSPS) is 15.3. The van der Waals surface area contributed by atoms with Gasteiger partial charge in [-0.25, -0.2) is 4.98 Å². The van der Waals surface area contributed by atoms with Crippen LogP contribution in [0.2, 0.25) is 5.15 Å². The van der Waals surface area contributed by atoms with Crippen molar-refractivity contribution in [2.75, 3.05) is 24.5 Å². The lowest BCUT2D eigenvalue weighted by Crippen LogP contribution is -2.48. The van der Waals surface area contributed by atoms with Gasteiger partial charge in [0.15, 0.2) is 0 Å². The predicted octanol–water partition coefficient (Wildman–Crippen LogP) is 5.44. The second-order valence-electron chi connectivity index (χ2n) is 10.3. The van der Waals surface area contributed by atoms with Crippen LogP contribution in [0.15, 0.2) is 48.8 Å². The number of nitrogens with zero attached hydrogens (tertiary/aromatic N) is 4. The topological polar surface area (TPSA) is 81.6 Å². The van der Waals surface area contributed by atoms with E-state index in [9.17, 15) is 9.90 Å². The minimum atomic E-state index is -0.0923. The van der Waals surface area contributed by atoms with Gasteiger partial charge in [-0.3, -0.25) is 9.78 Å². The number of rotatable bonds is 9. The molecular formula is C30H38ClN5O2. The van der Waals surface area contributed by atoms with Gasteiger partial charge in [-0.15, -0.1) is 0 Å². The third kappa shape index (κ3) is 6.83. The first kappa shape index (κ1) is 27.9. The number of nitrogens with one attached hydrogen (secondary N) is 1. The molecule has 0 radical (unpaired) electrons. The lowest BCUT2D eigenvalue weighted by Gasteiger charge is -2.42. The van der Waals surface area contributed by atoms with Crippen LogP contribution in [0.5, 0.6) is 5.75 Å². The first-order valence-corrected chi connectivity index (χ1v) is 13.7. The number of piperidine rings is 1. The smallest absolute Gasteiger partial charge is 0.253 e. The number of aryl methyl sites for hydroxylation is 3. The zero-order chi connectivity index (χ0) is 27.2. The van der Waals surface area contributed by atoms with Crippen LogP contribution in [0, 0.1) is 20.8 Å². The maximum absolute atomic E-state index is 12.8. The number of halogens is 1. The number of phenols is 1. The molecule has 1 aromatic carbocycles. The molecule has 1 amide bonds. The van der Waals surface area contributed by atoms with E-state index in [0.29, 0.717) is 35.0 Å². The molecule has 0 unspecified atom stereocenters. The van der Waals surface area contributed by atoms with E-state index in [4.69, 9.17) is 11.6 Å². The number of aromatic hydroxyl groups is 1. The molecule has 1 atom stereocenters. The highest BCUT2D eigenvalue weighted by Crippen LogP contribution is 2.28. The highest BCUT2D eigenvalue weighted by atomic mass is 35.5. The van der Waals surface area contributed by atoms with Gasteiger partial charge in [0.1, 0.15) is 10.9 Å². The Morgan fingerprint density at radius 2 is 1.87 bits per heavy atom. The van der Waals surface area contributed by atoms with E-state index in [1.807, 2.05) is 38.4 Å². The fourth-order valence-corrected chi connectivity index (χ4v) is 5.64. The van der Waals surface area contributed by atoms with Gasteiger partial charge in [-0.2, -0.15) is 0 Å². The second-order valence-corrected chi connectivity index (χ2v) is 10.7. The number of anilines is 1. The molecule has 1 fully saturated rings. The first-order valence-electron chi connectivity index (χ1n) is 13.3. The number of hydrogen-bond acceptors (Lipinski definition) is 6. The number of hydrogen-bond donors (Lipinski definition) is 2. The molecule has 4 rings (SSSR count). The number of benzene rings is 1. The molecule has 2 aromatic heterocycles.